The Morgan fingerprint density at radius 3 is 2.64 bits per heavy atom. The van der Waals surface area contributed by atoms with Gasteiger partial charge in [0.2, 0.25) is 5.91 Å². The molecule has 0 unspecified atom stereocenters. The van der Waals surface area contributed by atoms with E-state index in [1.165, 1.54) is 17.4 Å². The van der Waals surface area contributed by atoms with E-state index in [1.807, 2.05) is 53.9 Å². The highest BCUT2D eigenvalue weighted by Crippen LogP contribution is 2.23. The number of pyridine rings is 1. The van der Waals surface area contributed by atoms with E-state index in [0.717, 1.165) is 17.0 Å². The Kier molecular flexibility index (Phi) is 4.36. The number of thiazole rings is 1. The fraction of sp³-hybridized carbons (Fsp3) is 0. The van der Waals surface area contributed by atoms with Crippen LogP contribution in [0.25, 0.3) is 17.5 Å². The first-order chi connectivity index (χ1) is 10.8. The van der Waals surface area contributed by atoms with Crippen LogP contribution in [0.1, 0.15) is 5.56 Å². The molecule has 0 spiro atoms. The van der Waals surface area contributed by atoms with Crippen LogP contribution in [0.4, 0.5) is 5.13 Å². The van der Waals surface area contributed by atoms with Gasteiger partial charge in [-0.3, -0.25) is 15.1 Å². The van der Waals surface area contributed by atoms with Crippen molar-refractivity contribution in [3.8, 4) is 11.4 Å². The molecule has 0 fully saturated rings. The summed E-state index contributed by atoms with van der Waals surface area (Å²) in [6, 6.07) is 15.3. The van der Waals surface area contributed by atoms with E-state index in [2.05, 4.69) is 15.3 Å². The van der Waals surface area contributed by atoms with Crippen molar-refractivity contribution >= 4 is 28.5 Å². The van der Waals surface area contributed by atoms with E-state index in [1.54, 1.807) is 12.3 Å². The molecule has 0 saturated carbocycles. The lowest BCUT2D eigenvalue weighted by Gasteiger charge is -1.96. The maximum atomic E-state index is 11.9. The molecule has 0 aliphatic rings. The molecular weight excluding hydrogens is 294 g/mol. The summed E-state index contributed by atoms with van der Waals surface area (Å²) >= 11 is 1.38. The zero-order valence-electron chi connectivity index (χ0n) is 11.6. The maximum absolute atomic E-state index is 11.9. The van der Waals surface area contributed by atoms with Gasteiger partial charge < -0.3 is 0 Å². The molecule has 0 atom stereocenters. The number of benzene rings is 1. The van der Waals surface area contributed by atoms with Gasteiger partial charge in [0, 0.05) is 17.7 Å². The topological polar surface area (TPSA) is 54.9 Å². The first kappa shape index (κ1) is 14.2. The fourth-order valence-corrected chi connectivity index (χ4v) is 2.55. The molecule has 1 aromatic carbocycles. The second-order valence-electron chi connectivity index (χ2n) is 4.49. The predicted octanol–water partition coefficient (Wildman–Crippen LogP) is 3.86. The summed E-state index contributed by atoms with van der Waals surface area (Å²) < 4.78 is 0. The number of carbonyl (C=O) groups excluding carboxylic acids is 1. The van der Waals surface area contributed by atoms with Crippen LogP contribution in [0, 0.1) is 0 Å². The number of anilines is 1. The molecule has 1 amide bonds. The Hall–Kier alpha value is -2.79. The number of nitrogens with one attached hydrogen (secondary N) is 1. The highest BCUT2D eigenvalue weighted by molar-refractivity contribution is 7.14. The van der Waals surface area contributed by atoms with E-state index in [4.69, 9.17) is 0 Å². The predicted molar refractivity (Wildman–Crippen MR) is 89.5 cm³/mol. The standard InChI is InChI=1S/C17H13N3OS/c21-16(10-9-13-6-2-1-3-7-13)20-17-19-15(12-22-17)14-8-4-5-11-18-14/h1-12H,(H,19,20,21). The van der Waals surface area contributed by atoms with Gasteiger partial charge in [-0.1, -0.05) is 36.4 Å². The van der Waals surface area contributed by atoms with Crippen molar-refractivity contribution in [1.82, 2.24) is 9.97 Å². The minimum Gasteiger partial charge on any atom is -0.298 e. The monoisotopic (exact) mass is 307 g/mol. The van der Waals surface area contributed by atoms with Gasteiger partial charge in [-0.05, 0) is 23.8 Å². The van der Waals surface area contributed by atoms with Crippen molar-refractivity contribution in [3.05, 3.63) is 71.7 Å². The second kappa shape index (κ2) is 6.78. The molecule has 0 aliphatic heterocycles. The van der Waals surface area contributed by atoms with Crippen molar-refractivity contribution in [3.63, 3.8) is 0 Å². The Bertz CT molecular complexity index is 782. The minimum absolute atomic E-state index is 0.203. The summed E-state index contributed by atoms with van der Waals surface area (Å²) in [4.78, 5) is 20.5. The normalized spacial score (nSPS) is 10.7. The van der Waals surface area contributed by atoms with E-state index >= 15 is 0 Å². The van der Waals surface area contributed by atoms with E-state index in [9.17, 15) is 4.79 Å². The molecule has 2 heterocycles. The van der Waals surface area contributed by atoms with Crippen LogP contribution in [0.5, 0.6) is 0 Å². The average Bonchev–Trinajstić information content (AvgIpc) is 3.03. The summed E-state index contributed by atoms with van der Waals surface area (Å²) in [7, 11) is 0. The molecule has 3 aromatic rings. The van der Waals surface area contributed by atoms with E-state index in [0.29, 0.717) is 5.13 Å². The van der Waals surface area contributed by atoms with Gasteiger partial charge in [0.15, 0.2) is 5.13 Å². The largest absolute Gasteiger partial charge is 0.298 e. The van der Waals surface area contributed by atoms with Crippen molar-refractivity contribution in [2.45, 2.75) is 0 Å². The third kappa shape index (κ3) is 3.65. The Labute approximate surface area is 132 Å². The summed E-state index contributed by atoms with van der Waals surface area (Å²) in [5.41, 5.74) is 2.53. The van der Waals surface area contributed by atoms with Crippen LogP contribution in [-0.2, 0) is 4.79 Å². The molecule has 0 radical (unpaired) electrons. The molecule has 3 rings (SSSR count). The zero-order chi connectivity index (χ0) is 15.2. The van der Waals surface area contributed by atoms with Gasteiger partial charge in [0.1, 0.15) is 5.69 Å². The lowest BCUT2D eigenvalue weighted by Crippen LogP contribution is -2.07. The smallest absolute Gasteiger partial charge is 0.250 e. The number of rotatable bonds is 4. The maximum Gasteiger partial charge on any atom is 0.250 e. The molecule has 22 heavy (non-hydrogen) atoms. The third-order valence-electron chi connectivity index (χ3n) is 2.89. The molecule has 108 valence electrons. The average molecular weight is 307 g/mol. The minimum atomic E-state index is -0.203. The quantitative estimate of drug-likeness (QED) is 0.745. The van der Waals surface area contributed by atoms with Gasteiger partial charge >= 0.3 is 0 Å². The van der Waals surface area contributed by atoms with Gasteiger partial charge in [-0.2, -0.15) is 0 Å². The molecule has 1 N–H and O–H groups in total. The molecule has 0 bridgehead atoms. The van der Waals surface area contributed by atoms with E-state index in [-0.39, 0.29) is 5.91 Å². The van der Waals surface area contributed by atoms with E-state index < -0.39 is 0 Å². The third-order valence-corrected chi connectivity index (χ3v) is 3.65. The first-order valence-corrected chi connectivity index (χ1v) is 7.60. The Morgan fingerprint density at radius 2 is 1.86 bits per heavy atom. The highest BCUT2D eigenvalue weighted by atomic mass is 32.1. The molecule has 2 aromatic heterocycles. The second-order valence-corrected chi connectivity index (χ2v) is 5.34. The number of amides is 1. The lowest BCUT2D eigenvalue weighted by atomic mass is 10.2. The van der Waals surface area contributed by atoms with Gasteiger partial charge in [-0.25, -0.2) is 4.98 Å². The molecular formula is C17H13N3OS. The number of nitrogens with zero attached hydrogens (tertiary/aromatic N) is 2. The fourth-order valence-electron chi connectivity index (χ4n) is 1.85. The van der Waals surface area contributed by atoms with Crippen molar-refractivity contribution in [2.24, 2.45) is 0 Å². The SMILES string of the molecule is O=C(C=Cc1ccccc1)Nc1nc(-c2ccccn2)cs1. The Balaban J connectivity index is 1.65. The van der Waals surface area contributed by atoms with Crippen LogP contribution in [0.3, 0.4) is 0 Å². The highest BCUT2D eigenvalue weighted by Gasteiger charge is 2.06. The summed E-state index contributed by atoms with van der Waals surface area (Å²) in [5.74, 6) is -0.203. The molecule has 0 saturated heterocycles. The molecule has 4 nitrogen and oxygen atoms in total. The summed E-state index contributed by atoms with van der Waals surface area (Å²) in [6.07, 6.45) is 4.98. The van der Waals surface area contributed by atoms with Crippen LogP contribution < -0.4 is 5.32 Å². The number of carbonyl (C=O) groups is 1. The van der Waals surface area contributed by atoms with Crippen molar-refractivity contribution in [1.29, 1.82) is 0 Å². The molecule has 0 aliphatic carbocycles. The number of hydrogen-bond donors (Lipinski definition) is 1. The first-order valence-electron chi connectivity index (χ1n) is 6.72. The zero-order valence-corrected chi connectivity index (χ0v) is 12.5. The summed E-state index contributed by atoms with van der Waals surface area (Å²) in [6.45, 7) is 0. The van der Waals surface area contributed by atoms with Gasteiger partial charge in [0.05, 0.1) is 5.69 Å². The van der Waals surface area contributed by atoms with Crippen LogP contribution in [0.15, 0.2) is 66.2 Å². The van der Waals surface area contributed by atoms with Crippen LogP contribution >= 0.6 is 11.3 Å². The van der Waals surface area contributed by atoms with Gasteiger partial charge in [-0.15, -0.1) is 11.3 Å². The van der Waals surface area contributed by atoms with Crippen molar-refractivity contribution in [2.75, 3.05) is 5.32 Å². The lowest BCUT2D eigenvalue weighted by molar-refractivity contribution is -0.111. The number of hydrogen-bond acceptors (Lipinski definition) is 4. The van der Waals surface area contributed by atoms with Crippen molar-refractivity contribution < 1.29 is 4.79 Å². The van der Waals surface area contributed by atoms with Gasteiger partial charge in [0.25, 0.3) is 0 Å². The number of aromatic nitrogens is 2. The summed E-state index contributed by atoms with van der Waals surface area (Å²) in [5, 5.41) is 5.19. The molecule has 5 heteroatoms. The Morgan fingerprint density at radius 1 is 1.05 bits per heavy atom. The van der Waals surface area contributed by atoms with Crippen LogP contribution in [-0.4, -0.2) is 15.9 Å². The van der Waals surface area contributed by atoms with Crippen LogP contribution in [0.2, 0.25) is 0 Å².